The van der Waals surface area contributed by atoms with Gasteiger partial charge in [-0.25, -0.2) is 4.39 Å². The van der Waals surface area contributed by atoms with Gasteiger partial charge in [-0.05, 0) is 59.7 Å². The van der Waals surface area contributed by atoms with Gasteiger partial charge in [0.2, 0.25) is 0 Å². The second kappa shape index (κ2) is 8.93. The highest BCUT2D eigenvalue weighted by atomic mass is 32.2. The summed E-state index contributed by atoms with van der Waals surface area (Å²) >= 11 is 0.883. The van der Waals surface area contributed by atoms with Crippen molar-refractivity contribution in [1.82, 2.24) is 4.90 Å². The zero-order chi connectivity index (χ0) is 20.1. The summed E-state index contributed by atoms with van der Waals surface area (Å²) in [5.41, 5.74) is 1.41. The largest absolute Gasteiger partial charge is 0.493 e. The number of rotatable bonds is 7. The lowest BCUT2D eigenvalue weighted by atomic mass is 10.1. The fourth-order valence-electron chi connectivity index (χ4n) is 2.67. The summed E-state index contributed by atoms with van der Waals surface area (Å²) in [5, 5.41) is -0.351. The van der Waals surface area contributed by atoms with Gasteiger partial charge in [0.15, 0.2) is 11.5 Å². The minimum atomic E-state index is -0.371. The maximum atomic E-state index is 13.0. The van der Waals surface area contributed by atoms with Crippen LogP contribution in [-0.4, -0.2) is 29.8 Å². The second-order valence-corrected chi connectivity index (χ2v) is 7.15. The molecular formula is C21H20FNO4S. The van der Waals surface area contributed by atoms with Crippen LogP contribution in [0.1, 0.15) is 24.5 Å². The minimum Gasteiger partial charge on any atom is -0.493 e. The predicted octanol–water partition coefficient (Wildman–Crippen LogP) is 4.86. The molecule has 1 heterocycles. The van der Waals surface area contributed by atoms with E-state index in [0.29, 0.717) is 28.6 Å². The highest BCUT2D eigenvalue weighted by Crippen LogP contribution is 2.35. The van der Waals surface area contributed by atoms with E-state index in [1.165, 1.54) is 12.1 Å². The van der Waals surface area contributed by atoms with Crippen LogP contribution in [0.2, 0.25) is 0 Å². The number of thioether (sulfide) groups is 1. The SMILES string of the molecule is CCCOc1ccc(/C=C2\SC(=O)N(Cc3ccc(F)cc3)C2=O)cc1OC. The molecule has 0 unspecified atom stereocenters. The van der Waals surface area contributed by atoms with Crippen LogP contribution in [0.5, 0.6) is 11.5 Å². The molecule has 0 saturated carbocycles. The van der Waals surface area contributed by atoms with Gasteiger partial charge in [0.05, 0.1) is 25.2 Å². The van der Waals surface area contributed by atoms with E-state index < -0.39 is 0 Å². The highest BCUT2D eigenvalue weighted by molar-refractivity contribution is 8.18. The molecule has 0 spiro atoms. The number of imide groups is 1. The van der Waals surface area contributed by atoms with Crippen LogP contribution in [0.3, 0.4) is 0 Å². The fraction of sp³-hybridized carbons (Fsp3) is 0.238. The molecule has 7 heteroatoms. The van der Waals surface area contributed by atoms with Crippen LogP contribution in [0.15, 0.2) is 47.4 Å². The standard InChI is InChI=1S/C21H20FNO4S/c1-3-10-27-17-9-6-15(11-18(17)26-2)12-19-20(24)23(21(25)28-19)13-14-4-7-16(22)8-5-14/h4-9,11-12H,3,10,13H2,1-2H3/b19-12-. The van der Waals surface area contributed by atoms with Crippen LogP contribution in [-0.2, 0) is 11.3 Å². The average Bonchev–Trinajstić information content (AvgIpc) is 2.95. The third-order valence-corrected chi connectivity index (χ3v) is 4.98. The molecule has 146 valence electrons. The maximum Gasteiger partial charge on any atom is 0.293 e. The van der Waals surface area contributed by atoms with Gasteiger partial charge in [0.1, 0.15) is 5.82 Å². The first-order valence-corrected chi connectivity index (χ1v) is 9.64. The third kappa shape index (κ3) is 4.54. The van der Waals surface area contributed by atoms with E-state index in [4.69, 9.17) is 9.47 Å². The molecule has 3 rings (SSSR count). The van der Waals surface area contributed by atoms with Gasteiger partial charge < -0.3 is 9.47 Å². The molecule has 2 amide bonds. The summed E-state index contributed by atoms with van der Waals surface area (Å²) in [6, 6.07) is 11.1. The van der Waals surface area contributed by atoms with Crippen molar-refractivity contribution in [1.29, 1.82) is 0 Å². The predicted molar refractivity (Wildman–Crippen MR) is 107 cm³/mol. The zero-order valence-electron chi connectivity index (χ0n) is 15.6. The number of hydrogen-bond donors (Lipinski definition) is 0. The normalized spacial score (nSPS) is 15.4. The van der Waals surface area contributed by atoms with Gasteiger partial charge in [-0.2, -0.15) is 0 Å². The molecule has 0 N–H and O–H groups in total. The molecule has 0 aliphatic carbocycles. The van der Waals surface area contributed by atoms with E-state index in [0.717, 1.165) is 28.6 Å². The Hall–Kier alpha value is -2.80. The van der Waals surface area contributed by atoms with E-state index in [1.54, 1.807) is 37.5 Å². The molecule has 1 aliphatic rings. The van der Waals surface area contributed by atoms with Crippen molar-refractivity contribution in [2.45, 2.75) is 19.9 Å². The topological polar surface area (TPSA) is 55.8 Å². The molecule has 0 aromatic heterocycles. The number of nitrogens with zero attached hydrogens (tertiary/aromatic N) is 1. The first-order chi connectivity index (χ1) is 13.5. The van der Waals surface area contributed by atoms with Crippen molar-refractivity contribution in [3.63, 3.8) is 0 Å². The van der Waals surface area contributed by atoms with Gasteiger partial charge in [-0.15, -0.1) is 0 Å². The van der Waals surface area contributed by atoms with E-state index in [9.17, 15) is 14.0 Å². The molecule has 1 aliphatic heterocycles. The van der Waals surface area contributed by atoms with Crippen LogP contribution < -0.4 is 9.47 Å². The van der Waals surface area contributed by atoms with E-state index in [-0.39, 0.29) is 23.5 Å². The van der Waals surface area contributed by atoms with Crippen molar-refractivity contribution in [2.75, 3.05) is 13.7 Å². The van der Waals surface area contributed by atoms with E-state index in [1.807, 2.05) is 13.0 Å². The summed E-state index contributed by atoms with van der Waals surface area (Å²) in [7, 11) is 1.55. The third-order valence-electron chi connectivity index (χ3n) is 4.07. The lowest BCUT2D eigenvalue weighted by molar-refractivity contribution is -0.123. The van der Waals surface area contributed by atoms with Gasteiger partial charge in [-0.3, -0.25) is 14.5 Å². The van der Waals surface area contributed by atoms with Gasteiger partial charge >= 0.3 is 0 Å². The molecule has 1 saturated heterocycles. The monoisotopic (exact) mass is 401 g/mol. The molecule has 0 radical (unpaired) electrons. The fourth-order valence-corrected chi connectivity index (χ4v) is 3.50. The molecule has 28 heavy (non-hydrogen) atoms. The molecule has 0 bridgehead atoms. The number of carbonyl (C=O) groups is 2. The van der Waals surface area contributed by atoms with E-state index in [2.05, 4.69) is 0 Å². The summed E-state index contributed by atoms with van der Waals surface area (Å²) in [4.78, 5) is 26.4. The molecule has 5 nitrogen and oxygen atoms in total. The number of ether oxygens (including phenoxy) is 2. The lowest BCUT2D eigenvalue weighted by Crippen LogP contribution is -2.27. The summed E-state index contributed by atoms with van der Waals surface area (Å²) in [6.07, 6.45) is 2.54. The Kier molecular flexibility index (Phi) is 6.36. The number of hydrogen-bond acceptors (Lipinski definition) is 5. The van der Waals surface area contributed by atoms with Crippen LogP contribution in [0, 0.1) is 5.82 Å². The maximum absolute atomic E-state index is 13.0. The molecule has 2 aromatic rings. The van der Waals surface area contributed by atoms with Crippen molar-refractivity contribution in [3.8, 4) is 11.5 Å². The average molecular weight is 401 g/mol. The smallest absolute Gasteiger partial charge is 0.293 e. The lowest BCUT2D eigenvalue weighted by Gasteiger charge is -2.12. The highest BCUT2D eigenvalue weighted by Gasteiger charge is 2.35. The van der Waals surface area contributed by atoms with Crippen LogP contribution in [0.25, 0.3) is 6.08 Å². The molecule has 0 atom stereocenters. The second-order valence-electron chi connectivity index (χ2n) is 6.15. The van der Waals surface area contributed by atoms with Gasteiger partial charge in [0, 0.05) is 0 Å². The summed E-state index contributed by atoms with van der Waals surface area (Å²) in [6.45, 7) is 2.70. The summed E-state index contributed by atoms with van der Waals surface area (Å²) < 4.78 is 24.0. The van der Waals surface area contributed by atoms with Crippen LogP contribution in [0.4, 0.5) is 9.18 Å². The van der Waals surface area contributed by atoms with Gasteiger partial charge in [0.25, 0.3) is 11.1 Å². The Morgan fingerprint density at radius 2 is 1.86 bits per heavy atom. The Labute approximate surface area is 167 Å². The number of carbonyl (C=O) groups excluding carboxylic acids is 2. The van der Waals surface area contributed by atoms with E-state index >= 15 is 0 Å². The Bertz CT molecular complexity index is 911. The Balaban J connectivity index is 1.78. The summed E-state index contributed by atoms with van der Waals surface area (Å²) in [5.74, 6) is 0.460. The van der Waals surface area contributed by atoms with Gasteiger partial charge in [-0.1, -0.05) is 25.1 Å². The molecular weight excluding hydrogens is 381 g/mol. The number of amides is 2. The number of halogens is 1. The molecule has 2 aromatic carbocycles. The first kappa shape index (κ1) is 19.9. The van der Waals surface area contributed by atoms with Crippen LogP contribution >= 0.6 is 11.8 Å². The Morgan fingerprint density at radius 3 is 2.54 bits per heavy atom. The first-order valence-electron chi connectivity index (χ1n) is 8.82. The van der Waals surface area contributed by atoms with Crippen molar-refractivity contribution < 1.29 is 23.5 Å². The minimum absolute atomic E-state index is 0.107. The zero-order valence-corrected chi connectivity index (χ0v) is 16.4. The quantitative estimate of drug-likeness (QED) is 0.620. The Morgan fingerprint density at radius 1 is 1.11 bits per heavy atom. The van der Waals surface area contributed by atoms with Crippen molar-refractivity contribution in [3.05, 3.63) is 64.3 Å². The number of benzene rings is 2. The van der Waals surface area contributed by atoms with Crippen molar-refractivity contribution >= 4 is 29.0 Å². The molecule has 1 fully saturated rings. The number of methoxy groups -OCH3 is 1. The van der Waals surface area contributed by atoms with Crippen molar-refractivity contribution in [2.24, 2.45) is 0 Å².